The number of alkyl halides is 1. The first kappa shape index (κ1) is 14.4. The van der Waals surface area contributed by atoms with Gasteiger partial charge in [-0.15, -0.1) is 0 Å². The standard InChI is InChI=1S/C14H18BrFN2O/c15-7-10-3-1-2-4-11(10)8-18-14(19)12-5-6-17-9-13(12)16/h5-6,9-11H,1-4,7-8H2,(H,18,19). The van der Waals surface area contributed by atoms with E-state index in [1.807, 2.05) is 0 Å². The summed E-state index contributed by atoms with van der Waals surface area (Å²) in [6.07, 6.45) is 7.31. The van der Waals surface area contributed by atoms with Gasteiger partial charge in [0.05, 0.1) is 11.8 Å². The number of hydrogen-bond donors (Lipinski definition) is 1. The number of carbonyl (C=O) groups is 1. The Labute approximate surface area is 121 Å². The Balaban J connectivity index is 1.91. The number of hydrogen-bond acceptors (Lipinski definition) is 2. The molecule has 2 unspecified atom stereocenters. The molecule has 1 aliphatic rings. The monoisotopic (exact) mass is 328 g/mol. The molecule has 104 valence electrons. The highest BCUT2D eigenvalue weighted by Gasteiger charge is 2.24. The van der Waals surface area contributed by atoms with Crippen molar-refractivity contribution in [3.05, 3.63) is 29.8 Å². The molecule has 0 saturated heterocycles. The molecular formula is C14H18BrFN2O. The number of pyridine rings is 1. The highest BCUT2D eigenvalue weighted by Crippen LogP contribution is 2.30. The van der Waals surface area contributed by atoms with Crippen molar-refractivity contribution >= 4 is 21.8 Å². The molecule has 1 aromatic rings. The van der Waals surface area contributed by atoms with Crippen LogP contribution in [-0.4, -0.2) is 22.8 Å². The first-order valence-electron chi connectivity index (χ1n) is 6.66. The Morgan fingerprint density at radius 3 is 2.84 bits per heavy atom. The number of nitrogens with one attached hydrogen (secondary N) is 1. The number of nitrogens with zero attached hydrogens (tertiary/aromatic N) is 1. The molecular weight excluding hydrogens is 311 g/mol. The van der Waals surface area contributed by atoms with Crippen LogP contribution >= 0.6 is 15.9 Å². The third-order valence-electron chi connectivity index (χ3n) is 3.81. The molecule has 0 aliphatic heterocycles. The largest absolute Gasteiger partial charge is 0.352 e. The summed E-state index contributed by atoms with van der Waals surface area (Å²) >= 11 is 3.53. The van der Waals surface area contributed by atoms with Crippen molar-refractivity contribution in [3.8, 4) is 0 Å². The van der Waals surface area contributed by atoms with E-state index in [-0.39, 0.29) is 11.5 Å². The van der Waals surface area contributed by atoms with Crippen molar-refractivity contribution in [2.45, 2.75) is 25.7 Å². The molecule has 0 radical (unpaired) electrons. The fourth-order valence-corrected chi connectivity index (χ4v) is 3.49. The molecule has 1 N–H and O–H groups in total. The Morgan fingerprint density at radius 2 is 2.16 bits per heavy atom. The Morgan fingerprint density at radius 1 is 1.42 bits per heavy atom. The van der Waals surface area contributed by atoms with E-state index in [1.165, 1.54) is 31.5 Å². The van der Waals surface area contributed by atoms with Crippen molar-refractivity contribution in [2.75, 3.05) is 11.9 Å². The maximum Gasteiger partial charge on any atom is 0.254 e. The number of carbonyl (C=O) groups excluding carboxylic acids is 1. The minimum atomic E-state index is -0.569. The first-order chi connectivity index (χ1) is 9.22. The summed E-state index contributed by atoms with van der Waals surface area (Å²) in [7, 11) is 0. The lowest BCUT2D eigenvalue weighted by Crippen LogP contribution is -2.35. The Kier molecular flexibility index (Phi) is 5.31. The quantitative estimate of drug-likeness (QED) is 0.862. The molecule has 1 amide bonds. The molecule has 1 aliphatic carbocycles. The lowest BCUT2D eigenvalue weighted by Gasteiger charge is -2.30. The minimum absolute atomic E-state index is 0.0706. The number of rotatable bonds is 4. The zero-order valence-electron chi connectivity index (χ0n) is 10.7. The van der Waals surface area contributed by atoms with Crippen LogP contribution in [-0.2, 0) is 0 Å². The van der Waals surface area contributed by atoms with E-state index >= 15 is 0 Å². The van der Waals surface area contributed by atoms with Crippen LogP contribution in [0.5, 0.6) is 0 Å². The van der Waals surface area contributed by atoms with E-state index in [2.05, 4.69) is 26.2 Å². The van der Waals surface area contributed by atoms with Crippen LogP contribution in [0.3, 0.4) is 0 Å². The van der Waals surface area contributed by atoms with Gasteiger partial charge in [-0.1, -0.05) is 28.8 Å². The number of aromatic nitrogens is 1. The molecule has 3 nitrogen and oxygen atoms in total. The third-order valence-corrected chi connectivity index (χ3v) is 4.64. The van der Waals surface area contributed by atoms with E-state index in [0.717, 1.165) is 17.9 Å². The van der Waals surface area contributed by atoms with E-state index in [0.29, 0.717) is 18.4 Å². The van der Waals surface area contributed by atoms with Crippen LogP contribution in [0.1, 0.15) is 36.0 Å². The normalized spacial score (nSPS) is 23.1. The van der Waals surface area contributed by atoms with Crippen LogP contribution in [0, 0.1) is 17.7 Å². The third kappa shape index (κ3) is 3.75. The summed E-state index contributed by atoms with van der Waals surface area (Å²) in [5.41, 5.74) is 0.0706. The summed E-state index contributed by atoms with van der Waals surface area (Å²) in [4.78, 5) is 15.6. The van der Waals surface area contributed by atoms with Gasteiger partial charge in [-0.05, 0) is 30.7 Å². The maximum absolute atomic E-state index is 13.4. The van der Waals surface area contributed by atoms with Gasteiger partial charge in [-0.25, -0.2) is 4.39 Å². The average molecular weight is 329 g/mol. The van der Waals surface area contributed by atoms with E-state index in [9.17, 15) is 9.18 Å². The predicted octanol–water partition coefficient (Wildman–Crippen LogP) is 3.15. The summed E-state index contributed by atoms with van der Waals surface area (Å²) < 4.78 is 13.4. The zero-order valence-corrected chi connectivity index (χ0v) is 12.3. The lowest BCUT2D eigenvalue weighted by atomic mass is 9.80. The van der Waals surface area contributed by atoms with E-state index < -0.39 is 5.82 Å². The maximum atomic E-state index is 13.4. The van der Waals surface area contributed by atoms with Gasteiger partial charge in [0.2, 0.25) is 0 Å². The summed E-state index contributed by atoms with van der Waals surface area (Å²) in [6.45, 7) is 0.622. The molecule has 1 saturated carbocycles. The Hall–Kier alpha value is -0.970. The molecule has 0 spiro atoms. The average Bonchev–Trinajstić information content (AvgIpc) is 2.45. The number of amides is 1. The van der Waals surface area contributed by atoms with Crippen LogP contribution in [0.2, 0.25) is 0 Å². The molecule has 1 fully saturated rings. The fraction of sp³-hybridized carbons (Fsp3) is 0.571. The van der Waals surface area contributed by atoms with Crippen LogP contribution in [0.4, 0.5) is 4.39 Å². The Bertz CT molecular complexity index is 441. The van der Waals surface area contributed by atoms with Crippen molar-refractivity contribution < 1.29 is 9.18 Å². The number of halogens is 2. The second kappa shape index (κ2) is 6.98. The van der Waals surface area contributed by atoms with Gasteiger partial charge in [0.1, 0.15) is 0 Å². The van der Waals surface area contributed by atoms with Crippen LogP contribution in [0.25, 0.3) is 0 Å². The molecule has 2 rings (SSSR count). The van der Waals surface area contributed by atoms with Gasteiger partial charge in [0.15, 0.2) is 5.82 Å². The highest BCUT2D eigenvalue weighted by atomic mass is 79.9. The van der Waals surface area contributed by atoms with Gasteiger partial charge in [0.25, 0.3) is 5.91 Å². The molecule has 0 bridgehead atoms. The second-order valence-electron chi connectivity index (χ2n) is 5.02. The molecule has 1 heterocycles. The van der Waals surface area contributed by atoms with Gasteiger partial charge >= 0.3 is 0 Å². The predicted molar refractivity (Wildman–Crippen MR) is 75.8 cm³/mol. The van der Waals surface area contributed by atoms with E-state index in [1.54, 1.807) is 0 Å². The van der Waals surface area contributed by atoms with Crippen molar-refractivity contribution in [1.82, 2.24) is 10.3 Å². The SMILES string of the molecule is O=C(NCC1CCCCC1CBr)c1ccncc1F. The molecule has 5 heteroatoms. The lowest BCUT2D eigenvalue weighted by molar-refractivity contribution is 0.0933. The first-order valence-corrected chi connectivity index (χ1v) is 7.78. The summed E-state index contributed by atoms with van der Waals surface area (Å²) in [5, 5.41) is 3.82. The smallest absolute Gasteiger partial charge is 0.254 e. The van der Waals surface area contributed by atoms with Crippen LogP contribution in [0.15, 0.2) is 18.5 Å². The van der Waals surface area contributed by atoms with Gasteiger partial charge < -0.3 is 5.32 Å². The van der Waals surface area contributed by atoms with Gasteiger partial charge in [-0.2, -0.15) is 0 Å². The molecule has 2 atom stereocenters. The van der Waals surface area contributed by atoms with E-state index in [4.69, 9.17) is 0 Å². The van der Waals surface area contributed by atoms with Crippen LogP contribution < -0.4 is 5.32 Å². The topological polar surface area (TPSA) is 42.0 Å². The second-order valence-corrected chi connectivity index (χ2v) is 5.67. The van der Waals surface area contributed by atoms with Gasteiger partial charge in [-0.3, -0.25) is 9.78 Å². The minimum Gasteiger partial charge on any atom is -0.352 e. The van der Waals surface area contributed by atoms with Crippen molar-refractivity contribution in [1.29, 1.82) is 0 Å². The summed E-state index contributed by atoms with van der Waals surface area (Å²) in [6, 6.07) is 1.41. The van der Waals surface area contributed by atoms with Gasteiger partial charge in [0, 0.05) is 18.1 Å². The van der Waals surface area contributed by atoms with Crippen molar-refractivity contribution in [3.63, 3.8) is 0 Å². The highest BCUT2D eigenvalue weighted by molar-refractivity contribution is 9.09. The fourth-order valence-electron chi connectivity index (χ4n) is 2.63. The summed E-state index contributed by atoms with van der Waals surface area (Å²) in [5.74, 6) is 0.179. The molecule has 19 heavy (non-hydrogen) atoms. The molecule has 1 aromatic heterocycles. The zero-order chi connectivity index (χ0) is 13.7. The van der Waals surface area contributed by atoms with Crippen molar-refractivity contribution in [2.24, 2.45) is 11.8 Å². The molecule has 0 aromatic carbocycles.